The first-order valence-corrected chi connectivity index (χ1v) is 6.70. The molecular weight excluding hydrogens is 318 g/mol. The molecule has 0 spiro atoms. The standard InChI is InChI=1S/C12H13BrClN3O/c1-6(2)10(15)11-16-12(18-17-11)7-3-4-9(14)8(13)5-7/h3-6,10H,15H2,1-2H3. The van der Waals surface area contributed by atoms with Crippen molar-refractivity contribution < 1.29 is 4.52 Å². The second-order valence-electron chi connectivity index (χ2n) is 4.36. The average molecular weight is 331 g/mol. The summed E-state index contributed by atoms with van der Waals surface area (Å²) in [5, 5.41) is 4.54. The molecule has 4 nitrogen and oxygen atoms in total. The van der Waals surface area contributed by atoms with Gasteiger partial charge >= 0.3 is 0 Å². The van der Waals surface area contributed by atoms with Crippen molar-refractivity contribution in [3.63, 3.8) is 0 Å². The summed E-state index contributed by atoms with van der Waals surface area (Å²) in [6.45, 7) is 4.03. The fourth-order valence-corrected chi connectivity index (χ4v) is 1.91. The maximum absolute atomic E-state index is 5.97. The van der Waals surface area contributed by atoms with E-state index in [9.17, 15) is 0 Å². The lowest BCUT2D eigenvalue weighted by molar-refractivity contribution is 0.400. The molecule has 1 aromatic carbocycles. The lowest BCUT2D eigenvalue weighted by Gasteiger charge is -2.09. The topological polar surface area (TPSA) is 64.9 Å². The van der Waals surface area contributed by atoms with Crippen LogP contribution in [0.2, 0.25) is 5.02 Å². The van der Waals surface area contributed by atoms with Crippen molar-refractivity contribution in [2.75, 3.05) is 0 Å². The van der Waals surface area contributed by atoms with Crippen LogP contribution >= 0.6 is 27.5 Å². The highest BCUT2D eigenvalue weighted by atomic mass is 79.9. The summed E-state index contributed by atoms with van der Waals surface area (Å²) in [5.74, 6) is 1.22. The number of rotatable bonds is 3. The van der Waals surface area contributed by atoms with Crippen LogP contribution in [0.5, 0.6) is 0 Å². The van der Waals surface area contributed by atoms with Gasteiger partial charge in [0.25, 0.3) is 5.89 Å². The fraction of sp³-hybridized carbons (Fsp3) is 0.333. The maximum atomic E-state index is 5.97. The molecule has 0 fully saturated rings. The molecule has 1 unspecified atom stereocenters. The van der Waals surface area contributed by atoms with Gasteiger partial charge in [0, 0.05) is 10.0 Å². The summed E-state index contributed by atoms with van der Waals surface area (Å²) in [6, 6.07) is 5.21. The van der Waals surface area contributed by atoms with E-state index in [0.717, 1.165) is 10.0 Å². The zero-order chi connectivity index (χ0) is 13.3. The average Bonchev–Trinajstić information content (AvgIpc) is 2.81. The third kappa shape index (κ3) is 2.74. The van der Waals surface area contributed by atoms with Crippen molar-refractivity contribution in [1.29, 1.82) is 0 Å². The molecule has 0 saturated heterocycles. The van der Waals surface area contributed by atoms with Gasteiger partial charge in [0.1, 0.15) is 0 Å². The molecule has 0 aliphatic carbocycles. The molecule has 1 atom stereocenters. The summed E-state index contributed by atoms with van der Waals surface area (Å²) in [6.07, 6.45) is 0. The Hall–Kier alpha value is -0.910. The largest absolute Gasteiger partial charge is 0.334 e. The second-order valence-corrected chi connectivity index (χ2v) is 5.62. The highest BCUT2D eigenvalue weighted by molar-refractivity contribution is 9.10. The van der Waals surface area contributed by atoms with E-state index in [-0.39, 0.29) is 12.0 Å². The zero-order valence-electron chi connectivity index (χ0n) is 10.0. The van der Waals surface area contributed by atoms with Gasteiger partial charge in [0.2, 0.25) is 0 Å². The van der Waals surface area contributed by atoms with E-state index in [0.29, 0.717) is 16.7 Å². The van der Waals surface area contributed by atoms with Crippen molar-refractivity contribution in [2.24, 2.45) is 11.7 Å². The van der Waals surface area contributed by atoms with Crippen LogP contribution in [0.3, 0.4) is 0 Å². The minimum Gasteiger partial charge on any atom is -0.334 e. The minimum atomic E-state index is -0.224. The molecule has 0 bridgehead atoms. The molecule has 0 radical (unpaired) electrons. The quantitative estimate of drug-likeness (QED) is 0.929. The van der Waals surface area contributed by atoms with Gasteiger partial charge in [-0.1, -0.05) is 30.6 Å². The first-order chi connectivity index (χ1) is 8.49. The molecule has 1 heterocycles. The first-order valence-electron chi connectivity index (χ1n) is 5.53. The van der Waals surface area contributed by atoms with Crippen molar-refractivity contribution in [3.8, 4) is 11.5 Å². The highest BCUT2D eigenvalue weighted by Crippen LogP contribution is 2.28. The lowest BCUT2D eigenvalue weighted by atomic mass is 10.1. The van der Waals surface area contributed by atoms with E-state index >= 15 is 0 Å². The third-order valence-corrected chi connectivity index (χ3v) is 3.84. The van der Waals surface area contributed by atoms with E-state index in [1.807, 2.05) is 26.0 Å². The van der Waals surface area contributed by atoms with Gasteiger partial charge in [-0.3, -0.25) is 0 Å². The van der Waals surface area contributed by atoms with E-state index in [2.05, 4.69) is 26.1 Å². The van der Waals surface area contributed by atoms with Crippen LogP contribution in [0.25, 0.3) is 11.5 Å². The summed E-state index contributed by atoms with van der Waals surface area (Å²) in [5.41, 5.74) is 6.77. The van der Waals surface area contributed by atoms with Crippen LogP contribution in [-0.2, 0) is 0 Å². The molecule has 2 N–H and O–H groups in total. The number of benzene rings is 1. The van der Waals surface area contributed by atoms with Crippen LogP contribution < -0.4 is 5.73 Å². The van der Waals surface area contributed by atoms with Crippen molar-refractivity contribution in [3.05, 3.63) is 33.5 Å². The van der Waals surface area contributed by atoms with Gasteiger partial charge in [-0.25, -0.2) is 0 Å². The molecule has 18 heavy (non-hydrogen) atoms. The summed E-state index contributed by atoms with van der Waals surface area (Å²) in [4.78, 5) is 4.31. The van der Waals surface area contributed by atoms with Gasteiger partial charge in [-0.2, -0.15) is 4.98 Å². The Morgan fingerprint density at radius 1 is 1.39 bits per heavy atom. The molecule has 0 saturated carbocycles. The first kappa shape index (κ1) is 13.5. The molecular formula is C12H13BrClN3O. The monoisotopic (exact) mass is 329 g/mol. The number of halogens is 2. The molecule has 2 rings (SSSR count). The normalized spacial score (nSPS) is 13.0. The van der Waals surface area contributed by atoms with Crippen molar-refractivity contribution in [2.45, 2.75) is 19.9 Å². The van der Waals surface area contributed by atoms with E-state index < -0.39 is 0 Å². The fourth-order valence-electron chi connectivity index (χ4n) is 1.41. The van der Waals surface area contributed by atoms with E-state index in [1.165, 1.54) is 0 Å². The molecule has 6 heteroatoms. The number of nitrogens with zero attached hydrogens (tertiary/aromatic N) is 2. The summed E-state index contributed by atoms with van der Waals surface area (Å²) < 4.78 is 6.00. The Morgan fingerprint density at radius 2 is 2.11 bits per heavy atom. The zero-order valence-corrected chi connectivity index (χ0v) is 12.4. The van der Waals surface area contributed by atoms with Crippen molar-refractivity contribution in [1.82, 2.24) is 10.1 Å². The lowest BCUT2D eigenvalue weighted by Crippen LogP contribution is -2.18. The third-order valence-electron chi connectivity index (χ3n) is 2.62. The Kier molecular flexibility index (Phi) is 4.04. The molecule has 1 aromatic heterocycles. The van der Waals surface area contributed by atoms with Crippen LogP contribution in [0, 0.1) is 5.92 Å². The van der Waals surface area contributed by atoms with Gasteiger partial charge in [0.05, 0.1) is 11.1 Å². The molecule has 96 valence electrons. The van der Waals surface area contributed by atoms with E-state index in [1.54, 1.807) is 6.07 Å². The summed E-state index contributed by atoms with van der Waals surface area (Å²) >= 11 is 9.29. The number of aromatic nitrogens is 2. The van der Waals surface area contributed by atoms with Gasteiger partial charge in [-0.05, 0) is 40.0 Å². The van der Waals surface area contributed by atoms with Gasteiger partial charge in [0.15, 0.2) is 5.82 Å². The van der Waals surface area contributed by atoms with Crippen molar-refractivity contribution >= 4 is 27.5 Å². The molecule has 0 aliphatic heterocycles. The number of hydrogen-bond donors (Lipinski definition) is 1. The number of hydrogen-bond acceptors (Lipinski definition) is 4. The summed E-state index contributed by atoms with van der Waals surface area (Å²) in [7, 11) is 0. The van der Waals surface area contributed by atoms with Crippen LogP contribution in [0.1, 0.15) is 25.7 Å². The highest BCUT2D eigenvalue weighted by Gasteiger charge is 2.18. The molecule has 2 aromatic rings. The maximum Gasteiger partial charge on any atom is 0.258 e. The van der Waals surface area contributed by atoms with Gasteiger partial charge in [-0.15, -0.1) is 0 Å². The minimum absolute atomic E-state index is 0.224. The Morgan fingerprint density at radius 3 is 2.72 bits per heavy atom. The number of nitrogens with two attached hydrogens (primary N) is 1. The van der Waals surface area contributed by atoms with E-state index in [4.69, 9.17) is 21.9 Å². The predicted octanol–water partition coefficient (Wildman–Crippen LogP) is 3.81. The molecule has 0 aliphatic rings. The van der Waals surface area contributed by atoms with Crippen LogP contribution in [-0.4, -0.2) is 10.1 Å². The smallest absolute Gasteiger partial charge is 0.258 e. The van der Waals surface area contributed by atoms with Gasteiger partial charge < -0.3 is 10.3 Å². The molecule has 0 amide bonds. The van der Waals surface area contributed by atoms with Crippen LogP contribution in [0.4, 0.5) is 0 Å². The Balaban J connectivity index is 2.32. The Bertz CT molecular complexity index is 556. The van der Waals surface area contributed by atoms with Crippen LogP contribution in [0.15, 0.2) is 27.2 Å². The second kappa shape index (κ2) is 5.38. The predicted molar refractivity (Wildman–Crippen MR) is 74.2 cm³/mol. The Labute approximate surface area is 119 Å². The SMILES string of the molecule is CC(C)C(N)c1noc(-c2ccc(Cl)c(Br)c2)n1.